The van der Waals surface area contributed by atoms with Crippen molar-refractivity contribution >= 4 is 22.9 Å². The Balaban J connectivity index is 1.58. The predicted octanol–water partition coefficient (Wildman–Crippen LogP) is 1.63. The second-order valence-electron chi connectivity index (χ2n) is 5.73. The number of piperidine rings is 1. The van der Waals surface area contributed by atoms with E-state index in [1.54, 1.807) is 12.7 Å². The number of H-pyrrole nitrogens is 1. The molecule has 22 heavy (non-hydrogen) atoms. The van der Waals surface area contributed by atoms with Crippen LogP contribution >= 0.6 is 0 Å². The summed E-state index contributed by atoms with van der Waals surface area (Å²) in [6.45, 7) is 3.86. The van der Waals surface area contributed by atoms with Gasteiger partial charge in [0, 0.05) is 25.6 Å². The molecule has 0 unspecified atom stereocenters. The van der Waals surface area contributed by atoms with Gasteiger partial charge in [-0.25, -0.2) is 15.0 Å². The van der Waals surface area contributed by atoms with Crippen LogP contribution < -0.4 is 10.2 Å². The van der Waals surface area contributed by atoms with Gasteiger partial charge in [-0.2, -0.15) is 0 Å². The van der Waals surface area contributed by atoms with Crippen LogP contribution in [0.3, 0.4) is 0 Å². The van der Waals surface area contributed by atoms with E-state index in [1.165, 1.54) is 0 Å². The van der Waals surface area contributed by atoms with Crippen LogP contribution in [-0.4, -0.2) is 45.0 Å². The van der Waals surface area contributed by atoms with Crippen molar-refractivity contribution < 1.29 is 4.79 Å². The maximum atomic E-state index is 11.8. The average molecular weight is 302 g/mol. The molecule has 1 aliphatic rings. The topological polar surface area (TPSA) is 86.8 Å². The molecule has 0 saturated carbocycles. The lowest BCUT2D eigenvalue weighted by Gasteiger charge is -2.33. The van der Waals surface area contributed by atoms with Gasteiger partial charge in [0.15, 0.2) is 11.5 Å². The molecule has 0 aliphatic carbocycles. The number of nitrogens with one attached hydrogen (secondary N) is 2. The minimum Gasteiger partial charge on any atom is -0.355 e. The Morgan fingerprint density at radius 3 is 2.95 bits per heavy atom. The highest BCUT2D eigenvalue weighted by molar-refractivity contribution is 5.82. The Bertz CT molecular complexity index is 632. The average Bonchev–Trinajstić information content (AvgIpc) is 3.02. The van der Waals surface area contributed by atoms with Crippen molar-refractivity contribution in [1.29, 1.82) is 0 Å². The van der Waals surface area contributed by atoms with Crippen molar-refractivity contribution in [3.8, 4) is 0 Å². The molecule has 3 heterocycles. The fourth-order valence-electron chi connectivity index (χ4n) is 2.86. The Hall–Kier alpha value is -2.18. The molecule has 2 N–H and O–H groups in total. The van der Waals surface area contributed by atoms with Gasteiger partial charge in [-0.05, 0) is 19.3 Å². The molecule has 0 aromatic carbocycles. The van der Waals surface area contributed by atoms with Crippen LogP contribution in [0.2, 0.25) is 0 Å². The summed E-state index contributed by atoms with van der Waals surface area (Å²) < 4.78 is 0. The van der Waals surface area contributed by atoms with Crippen LogP contribution in [0.15, 0.2) is 12.7 Å². The number of aromatic amines is 1. The first-order valence-electron chi connectivity index (χ1n) is 7.96. The molecule has 2 aromatic heterocycles. The molecule has 7 nitrogen and oxygen atoms in total. The van der Waals surface area contributed by atoms with E-state index >= 15 is 0 Å². The highest BCUT2D eigenvalue weighted by Crippen LogP contribution is 2.23. The molecule has 0 spiro atoms. The lowest BCUT2D eigenvalue weighted by molar-refractivity contribution is -0.122. The number of unbranched alkanes of at least 4 members (excludes halogenated alkanes) is 1. The highest BCUT2D eigenvalue weighted by Gasteiger charge is 2.23. The van der Waals surface area contributed by atoms with E-state index in [4.69, 9.17) is 0 Å². The van der Waals surface area contributed by atoms with E-state index in [2.05, 4.69) is 37.1 Å². The number of rotatable bonds is 5. The third-order valence-electron chi connectivity index (χ3n) is 4.12. The van der Waals surface area contributed by atoms with E-state index in [-0.39, 0.29) is 11.9 Å². The van der Waals surface area contributed by atoms with Crippen molar-refractivity contribution in [2.45, 2.75) is 45.1 Å². The van der Waals surface area contributed by atoms with Crippen LogP contribution in [0.1, 0.15) is 39.0 Å². The zero-order chi connectivity index (χ0) is 15.4. The maximum absolute atomic E-state index is 11.8. The van der Waals surface area contributed by atoms with E-state index in [0.29, 0.717) is 12.1 Å². The summed E-state index contributed by atoms with van der Waals surface area (Å²) in [6, 6.07) is 0.278. The third-order valence-corrected chi connectivity index (χ3v) is 4.12. The second kappa shape index (κ2) is 6.72. The fourth-order valence-corrected chi connectivity index (χ4v) is 2.86. The van der Waals surface area contributed by atoms with Gasteiger partial charge >= 0.3 is 0 Å². The molecule has 1 aliphatic heterocycles. The van der Waals surface area contributed by atoms with Crippen molar-refractivity contribution in [2.24, 2.45) is 0 Å². The molecule has 7 heteroatoms. The summed E-state index contributed by atoms with van der Waals surface area (Å²) in [7, 11) is 0. The van der Waals surface area contributed by atoms with Gasteiger partial charge in [-0.1, -0.05) is 13.3 Å². The summed E-state index contributed by atoms with van der Waals surface area (Å²) in [5.41, 5.74) is 1.58. The molecule has 0 bridgehead atoms. The number of carbonyl (C=O) groups is 1. The SMILES string of the molecule is CCCCC(=O)NC1CCN(c2ncnc3nc[nH]c23)CC1. The van der Waals surface area contributed by atoms with Crippen molar-refractivity contribution in [2.75, 3.05) is 18.0 Å². The van der Waals surface area contributed by atoms with Crippen LogP contribution in [-0.2, 0) is 4.79 Å². The van der Waals surface area contributed by atoms with Gasteiger partial charge in [0.2, 0.25) is 5.91 Å². The number of amides is 1. The van der Waals surface area contributed by atoms with E-state index < -0.39 is 0 Å². The third kappa shape index (κ3) is 3.18. The van der Waals surface area contributed by atoms with Gasteiger partial charge in [-0.15, -0.1) is 0 Å². The van der Waals surface area contributed by atoms with E-state index in [0.717, 1.165) is 50.1 Å². The van der Waals surface area contributed by atoms with Crippen LogP contribution in [0.5, 0.6) is 0 Å². The summed E-state index contributed by atoms with van der Waals surface area (Å²) in [5, 5.41) is 3.14. The molecular weight excluding hydrogens is 280 g/mol. The number of anilines is 1. The number of aromatic nitrogens is 4. The number of hydrogen-bond donors (Lipinski definition) is 2. The number of imidazole rings is 1. The second-order valence-corrected chi connectivity index (χ2v) is 5.73. The molecule has 118 valence electrons. The molecule has 3 rings (SSSR count). The predicted molar refractivity (Wildman–Crippen MR) is 84.6 cm³/mol. The molecule has 0 atom stereocenters. The minimum absolute atomic E-state index is 0.179. The smallest absolute Gasteiger partial charge is 0.220 e. The monoisotopic (exact) mass is 302 g/mol. The van der Waals surface area contributed by atoms with Crippen molar-refractivity contribution in [3.63, 3.8) is 0 Å². The van der Waals surface area contributed by atoms with Crippen LogP contribution in [0.25, 0.3) is 11.2 Å². The largest absolute Gasteiger partial charge is 0.355 e. The van der Waals surface area contributed by atoms with Gasteiger partial charge in [0.25, 0.3) is 0 Å². The van der Waals surface area contributed by atoms with E-state index in [1.807, 2.05) is 0 Å². The number of hydrogen-bond acceptors (Lipinski definition) is 5. The number of carbonyl (C=O) groups excluding carboxylic acids is 1. The first kappa shape index (κ1) is 14.7. The van der Waals surface area contributed by atoms with Crippen LogP contribution in [0.4, 0.5) is 5.82 Å². The lowest BCUT2D eigenvalue weighted by Crippen LogP contribution is -2.45. The number of fused-ring (bicyclic) bond motifs is 1. The molecule has 2 aromatic rings. The van der Waals surface area contributed by atoms with Crippen molar-refractivity contribution in [3.05, 3.63) is 12.7 Å². The summed E-state index contributed by atoms with van der Waals surface area (Å²) in [6.07, 6.45) is 7.73. The Morgan fingerprint density at radius 1 is 1.36 bits per heavy atom. The molecule has 1 saturated heterocycles. The molecule has 1 amide bonds. The Morgan fingerprint density at radius 2 is 2.18 bits per heavy atom. The van der Waals surface area contributed by atoms with Gasteiger partial charge in [-0.3, -0.25) is 4.79 Å². The van der Waals surface area contributed by atoms with Gasteiger partial charge < -0.3 is 15.2 Å². The summed E-state index contributed by atoms with van der Waals surface area (Å²) >= 11 is 0. The molecule has 1 fully saturated rings. The van der Waals surface area contributed by atoms with Gasteiger partial charge in [0.1, 0.15) is 11.8 Å². The lowest BCUT2D eigenvalue weighted by atomic mass is 10.0. The zero-order valence-electron chi connectivity index (χ0n) is 12.9. The fraction of sp³-hybridized carbons (Fsp3) is 0.600. The quantitative estimate of drug-likeness (QED) is 0.876. The standard InChI is InChI=1S/C15H22N6O/c1-2-3-4-12(22)20-11-5-7-21(8-6-11)15-13-14(17-9-16-13)18-10-19-15/h9-11H,2-8H2,1H3,(H,20,22)(H,16,17,18,19). The molecular formula is C15H22N6O. The van der Waals surface area contributed by atoms with Gasteiger partial charge in [0.05, 0.1) is 6.33 Å². The highest BCUT2D eigenvalue weighted by atomic mass is 16.1. The first-order chi connectivity index (χ1) is 10.8. The first-order valence-corrected chi connectivity index (χ1v) is 7.96. The number of nitrogens with zero attached hydrogens (tertiary/aromatic N) is 4. The van der Waals surface area contributed by atoms with Crippen molar-refractivity contribution in [1.82, 2.24) is 25.3 Å². The zero-order valence-corrected chi connectivity index (χ0v) is 12.9. The maximum Gasteiger partial charge on any atom is 0.220 e. The molecule has 0 radical (unpaired) electrons. The Labute approximate surface area is 129 Å². The summed E-state index contributed by atoms with van der Waals surface area (Å²) in [5.74, 6) is 1.08. The summed E-state index contributed by atoms with van der Waals surface area (Å²) in [4.78, 5) is 29.8. The normalized spacial score (nSPS) is 16.1. The minimum atomic E-state index is 0.179. The van der Waals surface area contributed by atoms with E-state index in [9.17, 15) is 4.79 Å². The Kier molecular flexibility index (Phi) is 4.50. The van der Waals surface area contributed by atoms with Crippen LogP contribution in [0, 0.1) is 0 Å².